The lowest BCUT2D eigenvalue weighted by atomic mass is 9.75. The quantitative estimate of drug-likeness (QED) is 0.462. The third kappa shape index (κ3) is 3.34. The standard InChI is InChI=1S/C25H20O4/c26-23(27)25(24(28)29,15-19-11-5-9-17-7-1-3-13-21(17)19)16-20-12-6-10-18-8-2-4-14-22(18)20/h1-14H,15-16H2,(H,26,27)(H,28,29). The molecule has 0 atom stereocenters. The Morgan fingerprint density at radius 3 is 1.38 bits per heavy atom. The molecule has 4 aromatic carbocycles. The van der Waals surface area contributed by atoms with Gasteiger partial charge in [0.2, 0.25) is 0 Å². The maximum absolute atomic E-state index is 12.4. The van der Waals surface area contributed by atoms with Gasteiger partial charge in [-0.15, -0.1) is 0 Å². The molecule has 0 bridgehead atoms. The van der Waals surface area contributed by atoms with Gasteiger partial charge in [0.1, 0.15) is 0 Å². The van der Waals surface area contributed by atoms with E-state index in [0.717, 1.165) is 21.5 Å². The van der Waals surface area contributed by atoms with Crippen molar-refractivity contribution < 1.29 is 19.8 Å². The maximum Gasteiger partial charge on any atom is 0.321 e. The molecule has 0 aliphatic carbocycles. The van der Waals surface area contributed by atoms with Gasteiger partial charge in [0.25, 0.3) is 0 Å². The van der Waals surface area contributed by atoms with Gasteiger partial charge in [-0.05, 0) is 32.7 Å². The van der Waals surface area contributed by atoms with Crippen molar-refractivity contribution in [3.63, 3.8) is 0 Å². The van der Waals surface area contributed by atoms with Crippen LogP contribution in [-0.2, 0) is 22.4 Å². The van der Waals surface area contributed by atoms with Gasteiger partial charge in [-0.1, -0.05) is 84.9 Å². The van der Waals surface area contributed by atoms with Crippen LogP contribution in [0.15, 0.2) is 84.9 Å². The van der Waals surface area contributed by atoms with Crippen LogP contribution in [0.5, 0.6) is 0 Å². The number of carbonyl (C=O) groups is 2. The van der Waals surface area contributed by atoms with E-state index in [1.807, 2.05) is 84.9 Å². The molecule has 0 radical (unpaired) electrons. The number of carboxylic acid groups (broad SMARTS) is 2. The minimum absolute atomic E-state index is 0.0950. The largest absolute Gasteiger partial charge is 0.480 e. The first-order chi connectivity index (χ1) is 14.0. The second kappa shape index (κ2) is 7.40. The number of hydrogen-bond acceptors (Lipinski definition) is 2. The van der Waals surface area contributed by atoms with Crippen LogP contribution in [0, 0.1) is 5.41 Å². The van der Waals surface area contributed by atoms with Crippen LogP contribution in [0.2, 0.25) is 0 Å². The van der Waals surface area contributed by atoms with Gasteiger partial charge in [-0.3, -0.25) is 9.59 Å². The Hall–Kier alpha value is -3.66. The van der Waals surface area contributed by atoms with Crippen LogP contribution in [0.3, 0.4) is 0 Å². The highest BCUT2D eigenvalue weighted by Gasteiger charge is 2.47. The van der Waals surface area contributed by atoms with Crippen LogP contribution in [-0.4, -0.2) is 22.2 Å². The lowest BCUT2D eigenvalue weighted by molar-refractivity contribution is -0.164. The molecule has 0 saturated carbocycles. The van der Waals surface area contributed by atoms with E-state index >= 15 is 0 Å². The number of carboxylic acids is 2. The highest BCUT2D eigenvalue weighted by Crippen LogP contribution is 2.34. The van der Waals surface area contributed by atoms with Gasteiger partial charge >= 0.3 is 11.9 Å². The third-order valence-electron chi connectivity index (χ3n) is 5.56. The third-order valence-corrected chi connectivity index (χ3v) is 5.56. The SMILES string of the molecule is O=C(O)C(Cc1cccc2ccccc12)(Cc1cccc2ccccc12)C(=O)O. The summed E-state index contributed by atoms with van der Waals surface area (Å²) in [4.78, 5) is 24.7. The van der Waals surface area contributed by atoms with Crippen molar-refractivity contribution >= 4 is 33.5 Å². The lowest BCUT2D eigenvalue weighted by Crippen LogP contribution is -2.43. The Balaban J connectivity index is 1.85. The fourth-order valence-corrected chi connectivity index (χ4v) is 4.00. The Bertz CT molecular complexity index is 1120. The van der Waals surface area contributed by atoms with Crippen molar-refractivity contribution in [1.29, 1.82) is 0 Å². The average molecular weight is 384 g/mol. The summed E-state index contributed by atoms with van der Waals surface area (Å²) in [7, 11) is 0. The lowest BCUT2D eigenvalue weighted by Gasteiger charge is -2.26. The molecule has 29 heavy (non-hydrogen) atoms. The highest BCUT2D eigenvalue weighted by molar-refractivity contribution is 6.00. The van der Waals surface area contributed by atoms with Crippen LogP contribution in [0.1, 0.15) is 11.1 Å². The summed E-state index contributed by atoms with van der Waals surface area (Å²) in [5.74, 6) is -2.66. The van der Waals surface area contributed by atoms with Crippen LogP contribution in [0.25, 0.3) is 21.5 Å². The molecule has 4 rings (SSSR count). The molecular weight excluding hydrogens is 364 g/mol. The summed E-state index contributed by atoms with van der Waals surface area (Å²) in [6, 6.07) is 26.4. The molecule has 4 aromatic rings. The van der Waals surface area contributed by atoms with E-state index < -0.39 is 17.4 Å². The Morgan fingerprint density at radius 2 is 0.966 bits per heavy atom. The molecule has 0 aliphatic heterocycles. The first-order valence-electron chi connectivity index (χ1n) is 9.41. The second-order valence-corrected chi connectivity index (χ2v) is 7.32. The van der Waals surface area contributed by atoms with Gasteiger partial charge in [0.15, 0.2) is 5.41 Å². The summed E-state index contributed by atoms with van der Waals surface area (Å²) in [6.07, 6.45) is -0.190. The summed E-state index contributed by atoms with van der Waals surface area (Å²) in [6.45, 7) is 0. The molecule has 0 fully saturated rings. The molecule has 4 heteroatoms. The molecule has 0 aliphatic rings. The summed E-state index contributed by atoms with van der Waals surface area (Å²) >= 11 is 0. The molecule has 0 spiro atoms. The molecule has 0 saturated heterocycles. The van der Waals surface area contributed by atoms with Gasteiger partial charge < -0.3 is 10.2 Å². The monoisotopic (exact) mass is 384 g/mol. The predicted octanol–water partition coefficient (Wildman–Crippen LogP) is 4.93. The van der Waals surface area contributed by atoms with Gasteiger partial charge in [0, 0.05) is 12.8 Å². The first-order valence-corrected chi connectivity index (χ1v) is 9.41. The number of hydrogen-bond donors (Lipinski definition) is 2. The zero-order valence-corrected chi connectivity index (χ0v) is 15.7. The van der Waals surface area contributed by atoms with Crippen molar-refractivity contribution in [2.45, 2.75) is 12.8 Å². The van der Waals surface area contributed by atoms with Crippen molar-refractivity contribution in [2.24, 2.45) is 5.41 Å². The summed E-state index contributed by atoms with van der Waals surface area (Å²) in [5.41, 5.74) is -0.532. The van der Waals surface area contributed by atoms with E-state index in [9.17, 15) is 19.8 Å². The van der Waals surface area contributed by atoms with E-state index in [1.54, 1.807) is 0 Å². The summed E-state index contributed by atoms with van der Waals surface area (Å²) < 4.78 is 0. The second-order valence-electron chi connectivity index (χ2n) is 7.32. The van der Waals surface area contributed by atoms with E-state index in [1.165, 1.54) is 0 Å². The zero-order chi connectivity index (χ0) is 20.4. The molecule has 144 valence electrons. The Kier molecular flexibility index (Phi) is 4.77. The number of benzene rings is 4. The highest BCUT2D eigenvalue weighted by atomic mass is 16.4. The minimum atomic E-state index is -1.96. The molecular formula is C25H20O4. The van der Waals surface area contributed by atoms with Gasteiger partial charge in [-0.2, -0.15) is 0 Å². The maximum atomic E-state index is 12.4. The topological polar surface area (TPSA) is 74.6 Å². The molecule has 0 unspecified atom stereocenters. The van der Waals surface area contributed by atoms with Crippen molar-refractivity contribution in [2.75, 3.05) is 0 Å². The van der Waals surface area contributed by atoms with Crippen LogP contribution in [0.4, 0.5) is 0 Å². The smallest absolute Gasteiger partial charge is 0.321 e. The number of rotatable bonds is 6. The molecule has 0 amide bonds. The van der Waals surface area contributed by atoms with E-state index in [-0.39, 0.29) is 12.8 Å². The Morgan fingerprint density at radius 1 is 0.586 bits per heavy atom. The average Bonchev–Trinajstić information content (AvgIpc) is 2.73. The first kappa shape index (κ1) is 18.7. The number of fused-ring (bicyclic) bond motifs is 2. The summed E-state index contributed by atoms with van der Waals surface area (Å²) in [5, 5.41) is 23.8. The fourth-order valence-electron chi connectivity index (χ4n) is 4.00. The minimum Gasteiger partial charge on any atom is -0.480 e. The van der Waals surface area contributed by atoms with Crippen molar-refractivity contribution in [3.05, 3.63) is 96.1 Å². The fraction of sp³-hybridized carbons (Fsp3) is 0.120. The van der Waals surface area contributed by atoms with Crippen LogP contribution < -0.4 is 0 Å². The molecule has 4 nitrogen and oxygen atoms in total. The molecule has 0 aromatic heterocycles. The van der Waals surface area contributed by atoms with Crippen molar-refractivity contribution in [3.8, 4) is 0 Å². The zero-order valence-electron chi connectivity index (χ0n) is 15.7. The molecule has 2 N–H and O–H groups in total. The van der Waals surface area contributed by atoms with Gasteiger partial charge in [0.05, 0.1) is 0 Å². The van der Waals surface area contributed by atoms with E-state index in [0.29, 0.717) is 11.1 Å². The van der Waals surface area contributed by atoms with E-state index in [2.05, 4.69) is 0 Å². The Labute approximate surface area is 168 Å². The van der Waals surface area contributed by atoms with Gasteiger partial charge in [-0.25, -0.2) is 0 Å². The van der Waals surface area contributed by atoms with Crippen molar-refractivity contribution in [1.82, 2.24) is 0 Å². The predicted molar refractivity (Wildman–Crippen MR) is 113 cm³/mol. The normalized spacial score (nSPS) is 11.6. The van der Waals surface area contributed by atoms with E-state index in [4.69, 9.17) is 0 Å². The molecule has 0 heterocycles. The van der Waals surface area contributed by atoms with Crippen LogP contribution >= 0.6 is 0 Å². The number of aliphatic carboxylic acids is 2.